The summed E-state index contributed by atoms with van der Waals surface area (Å²) in [5.74, 6) is 0.984. The second kappa shape index (κ2) is 8.98. The minimum absolute atomic E-state index is 0.146. The van der Waals surface area contributed by atoms with E-state index in [4.69, 9.17) is 23.7 Å². The maximum absolute atomic E-state index is 12.2. The lowest BCUT2D eigenvalue weighted by Crippen LogP contribution is -2.31. The molecule has 1 heterocycles. The Kier molecular flexibility index (Phi) is 6.21. The first-order chi connectivity index (χ1) is 13.6. The van der Waals surface area contributed by atoms with Crippen LogP contribution >= 0.6 is 0 Å². The first kappa shape index (κ1) is 19.3. The van der Waals surface area contributed by atoms with Crippen molar-refractivity contribution in [3.05, 3.63) is 42.5 Å². The summed E-state index contributed by atoms with van der Waals surface area (Å²) in [6.07, 6.45) is -0.997. The molecule has 3 rings (SSSR count). The zero-order valence-electron chi connectivity index (χ0n) is 15.6. The predicted octanol–water partition coefficient (Wildman–Crippen LogP) is 2.76. The summed E-state index contributed by atoms with van der Waals surface area (Å²) in [5.41, 5.74) is 0.513. The van der Waals surface area contributed by atoms with Gasteiger partial charge in [0.2, 0.25) is 6.79 Å². The number of carbonyl (C=O) groups excluding carboxylic acids is 2. The van der Waals surface area contributed by atoms with Crippen molar-refractivity contribution in [2.45, 2.75) is 20.0 Å². The molecule has 1 amide bonds. The molecule has 2 aromatic carbocycles. The molecule has 8 nitrogen and oxygen atoms in total. The Balaban J connectivity index is 1.49. The highest BCUT2D eigenvalue weighted by Crippen LogP contribution is 2.34. The number of carbonyl (C=O) groups is 2. The van der Waals surface area contributed by atoms with E-state index in [9.17, 15) is 9.59 Å². The highest BCUT2D eigenvalue weighted by atomic mass is 16.7. The van der Waals surface area contributed by atoms with E-state index in [0.717, 1.165) is 0 Å². The lowest BCUT2D eigenvalue weighted by atomic mass is 10.2. The highest BCUT2D eigenvalue weighted by Gasteiger charge is 2.20. The van der Waals surface area contributed by atoms with E-state index in [1.807, 2.05) is 6.92 Å². The highest BCUT2D eigenvalue weighted by molar-refractivity contribution is 5.95. The Morgan fingerprint density at radius 1 is 1.07 bits per heavy atom. The minimum atomic E-state index is -0.997. The van der Waals surface area contributed by atoms with Crippen LogP contribution < -0.4 is 24.3 Å². The van der Waals surface area contributed by atoms with Crippen LogP contribution in [-0.4, -0.2) is 38.0 Å². The number of fused-ring (bicyclic) bond motifs is 1. The Bertz CT molecular complexity index is 852. The van der Waals surface area contributed by atoms with Crippen LogP contribution in [-0.2, 0) is 14.3 Å². The van der Waals surface area contributed by atoms with Gasteiger partial charge in [-0.25, -0.2) is 4.79 Å². The Hall–Kier alpha value is -3.42. The van der Waals surface area contributed by atoms with Crippen molar-refractivity contribution in [1.29, 1.82) is 0 Å². The molecule has 1 aliphatic rings. The van der Waals surface area contributed by atoms with Crippen LogP contribution in [0.25, 0.3) is 0 Å². The fraction of sp³-hybridized carbons (Fsp3) is 0.300. The third-order valence-corrected chi connectivity index (χ3v) is 3.81. The van der Waals surface area contributed by atoms with Gasteiger partial charge in [0.25, 0.3) is 5.91 Å². The molecular weight excluding hydrogens is 366 g/mol. The van der Waals surface area contributed by atoms with Gasteiger partial charge in [-0.15, -0.1) is 0 Å². The second-order valence-corrected chi connectivity index (χ2v) is 5.86. The van der Waals surface area contributed by atoms with E-state index in [1.165, 1.54) is 6.92 Å². The van der Waals surface area contributed by atoms with E-state index < -0.39 is 18.0 Å². The summed E-state index contributed by atoms with van der Waals surface area (Å²) in [6.45, 7) is 3.61. The van der Waals surface area contributed by atoms with Gasteiger partial charge in [-0.3, -0.25) is 4.79 Å². The molecule has 0 saturated carbocycles. The number of amides is 1. The summed E-state index contributed by atoms with van der Waals surface area (Å²) >= 11 is 0. The zero-order valence-corrected chi connectivity index (χ0v) is 15.6. The van der Waals surface area contributed by atoms with Crippen molar-refractivity contribution in [2.24, 2.45) is 0 Å². The summed E-state index contributed by atoms with van der Waals surface area (Å²) < 4.78 is 26.5. The average molecular weight is 387 g/mol. The Morgan fingerprint density at radius 2 is 1.79 bits per heavy atom. The Morgan fingerprint density at radius 3 is 2.54 bits per heavy atom. The van der Waals surface area contributed by atoms with Crippen LogP contribution in [0.1, 0.15) is 13.8 Å². The summed E-state index contributed by atoms with van der Waals surface area (Å²) in [7, 11) is 0. The zero-order chi connectivity index (χ0) is 19.9. The molecule has 1 N–H and O–H groups in total. The molecule has 0 radical (unpaired) electrons. The van der Waals surface area contributed by atoms with Crippen molar-refractivity contribution < 1.29 is 33.3 Å². The Labute approximate surface area is 162 Å². The van der Waals surface area contributed by atoms with Crippen LogP contribution in [0.15, 0.2) is 42.5 Å². The third-order valence-electron chi connectivity index (χ3n) is 3.81. The first-order valence-corrected chi connectivity index (χ1v) is 8.81. The van der Waals surface area contributed by atoms with E-state index in [2.05, 4.69) is 5.32 Å². The van der Waals surface area contributed by atoms with Gasteiger partial charge in [-0.05, 0) is 38.1 Å². The number of para-hydroxylation sites is 2. The number of anilines is 1. The molecule has 1 atom stereocenters. The predicted molar refractivity (Wildman–Crippen MR) is 99.9 cm³/mol. The van der Waals surface area contributed by atoms with Crippen molar-refractivity contribution >= 4 is 17.6 Å². The van der Waals surface area contributed by atoms with Gasteiger partial charge in [0.15, 0.2) is 35.7 Å². The van der Waals surface area contributed by atoms with E-state index in [1.54, 1.807) is 42.5 Å². The fourth-order valence-electron chi connectivity index (χ4n) is 2.48. The molecule has 0 fully saturated rings. The smallest absolute Gasteiger partial charge is 0.344 e. The third kappa shape index (κ3) is 4.85. The lowest BCUT2D eigenvalue weighted by molar-refractivity contribution is -0.155. The standard InChI is InChI=1S/C20H21NO7/c1-3-24-15-6-4-5-7-16(15)25-11-19(22)28-13(2)20(23)21-14-8-9-17-18(10-14)27-12-26-17/h4-10,13H,3,11-12H2,1-2H3,(H,21,23)/t13-/m0/s1. The summed E-state index contributed by atoms with van der Waals surface area (Å²) in [5, 5.41) is 2.66. The van der Waals surface area contributed by atoms with Gasteiger partial charge in [-0.2, -0.15) is 0 Å². The van der Waals surface area contributed by atoms with Crippen molar-refractivity contribution in [2.75, 3.05) is 25.3 Å². The number of nitrogens with one attached hydrogen (secondary N) is 1. The molecule has 148 valence electrons. The number of hydrogen-bond acceptors (Lipinski definition) is 7. The lowest BCUT2D eigenvalue weighted by Gasteiger charge is -2.15. The van der Waals surface area contributed by atoms with Crippen molar-refractivity contribution in [3.63, 3.8) is 0 Å². The first-order valence-electron chi connectivity index (χ1n) is 8.81. The van der Waals surface area contributed by atoms with Gasteiger partial charge in [0.1, 0.15) is 0 Å². The van der Waals surface area contributed by atoms with Crippen LogP contribution in [0.3, 0.4) is 0 Å². The van der Waals surface area contributed by atoms with Crippen molar-refractivity contribution in [1.82, 2.24) is 0 Å². The van der Waals surface area contributed by atoms with E-state index >= 15 is 0 Å². The minimum Gasteiger partial charge on any atom is -0.490 e. The van der Waals surface area contributed by atoms with E-state index in [-0.39, 0.29) is 13.4 Å². The maximum Gasteiger partial charge on any atom is 0.344 e. The fourth-order valence-corrected chi connectivity index (χ4v) is 2.48. The number of hydrogen-bond donors (Lipinski definition) is 1. The number of benzene rings is 2. The second-order valence-electron chi connectivity index (χ2n) is 5.86. The number of esters is 1. The summed E-state index contributed by atoms with van der Waals surface area (Å²) in [4.78, 5) is 24.2. The van der Waals surface area contributed by atoms with Crippen molar-refractivity contribution in [3.8, 4) is 23.0 Å². The van der Waals surface area contributed by atoms with Crippen LogP contribution in [0, 0.1) is 0 Å². The SMILES string of the molecule is CCOc1ccccc1OCC(=O)O[C@@H](C)C(=O)Nc1ccc2c(c1)OCO2. The molecule has 8 heteroatoms. The quantitative estimate of drug-likeness (QED) is 0.696. The van der Waals surface area contributed by atoms with Gasteiger partial charge in [-0.1, -0.05) is 12.1 Å². The molecular formula is C20H21NO7. The normalized spacial score (nSPS) is 12.8. The molecule has 0 unspecified atom stereocenters. The molecule has 0 saturated heterocycles. The molecule has 1 aliphatic heterocycles. The van der Waals surface area contributed by atoms with Gasteiger partial charge in [0.05, 0.1) is 6.61 Å². The van der Waals surface area contributed by atoms with E-state index in [0.29, 0.717) is 35.3 Å². The van der Waals surface area contributed by atoms with Crippen LogP contribution in [0.4, 0.5) is 5.69 Å². The van der Waals surface area contributed by atoms with Gasteiger partial charge < -0.3 is 29.0 Å². The molecule has 0 spiro atoms. The molecule has 28 heavy (non-hydrogen) atoms. The van der Waals surface area contributed by atoms with Gasteiger partial charge >= 0.3 is 5.97 Å². The topological polar surface area (TPSA) is 92.3 Å². The maximum atomic E-state index is 12.2. The molecule has 0 aromatic heterocycles. The molecule has 2 aromatic rings. The number of rotatable bonds is 8. The summed E-state index contributed by atoms with van der Waals surface area (Å²) in [6, 6.07) is 12.0. The van der Waals surface area contributed by atoms with Crippen LogP contribution in [0.2, 0.25) is 0 Å². The molecule has 0 bridgehead atoms. The average Bonchev–Trinajstić information content (AvgIpc) is 3.15. The number of ether oxygens (including phenoxy) is 5. The monoisotopic (exact) mass is 387 g/mol. The van der Waals surface area contributed by atoms with Crippen LogP contribution in [0.5, 0.6) is 23.0 Å². The van der Waals surface area contributed by atoms with Gasteiger partial charge in [0, 0.05) is 11.8 Å². The largest absolute Gasteiger partial charge is 0.490 e. The molecule has 0 aliphatic carbocycles.